The first kappa shape index (κ1) is 25.0. The van der Waals surface area contributed by atoms with E-state index in [1.54, 1.807) is 13.8 Å². The van der Waals surface area contributed by atoms with Gasteiger partial charge in [0, 0.05) is 31.3 Å². The average Bonchev–Trinajstić information content (AvgIpc) is 2.63. The van der Waals surface area contributed by atoms with Crippen molar-refractivity contribution in [1.29, 1.82) is 0 Å². The van der Waals surface area contributed by atoms with Crippen LogP contribution in [0.15, 0.2) is 10.9 Å². The van der Waals surface area contributed by atoms with Crippen LogP contribution < -0.4 is 21.5 Å². The minimum Gasteiger partial charge on any atom is -0.464 e. The van der Waals surface area contributed by atoms with Gasteiger partial charge >= 0.3 is 12.0 Å². The lowest BCUT2D eigenvalue weighted by molar-refractivity contribution is -0.155. The number of aliphatic hydroxyl groups excluding tert-OH is 2. The predicted octanol–water partition coefficient (Wildman–Crippen LogP) is -0.839. The van der Waals surface area contributed by atoms with Gasteiger partial charge in [0.15, 0.2) is 6.10 Å². The average molecular weight is 427 g/mol. The molecule has 12 nitrogen and oxygen atoms in total. The van der Waals surface area contributed by atoms with Crippen LogP contribution in [-0.4, -0.2) is 70.0 Å². The highest BCUT2D eigenvalue weighted by Gasteiger charge is 2.22. The Morgan fingerprint density at radius 3 is 2.50 bits per heavy atom. The molecule has 0 saturated carbocycles. The zero-order chi connectivity index (χ0) is 22.5. The third-order valence-electron chi connectivity index (χ3n) is 3.80. The minimum atomic E-state index is -1.47. The molecule has 1 rings (SSSR count). The molecule has 2 atom stereocenters. The molecule has 0 aromatic carbocycles. The Kier molecular flexibility index (Phi) is 11.1. The van der Waals surface area contributed by atoms with E-state index in [0.29, 0.717) is 31.6 Å². The summed E-state index contributed by atoms with van der Waals surface area (Å²) in [6, 6.07) is 0.787. The van der Waals surface area contributed by atoms with Gasteiger partial charge in [0.05, 0.1) is 19.1 Å². The van der Waals surface area contributed by atoms with Crippen molar-refractivity contribution >= 4 is 23.9 Å². The first-order chi connectivity index (χ1) is 14.2. The van der Waals surface area contributed by atoms with E-state index in [9.17, 15) is 29.4 Å². The van der Waals surface area contributed by atoms with E-state index < -0.39 is 35.7 Å². The Morgan fingerprint density at radius 1 is 1.20 bits per heavy atom. The Morgan fingerprint density at radius 2 is 1.87 bits per heavy atom. The largest absolute Gasteiger partial charge is 0.464 e. The van der Waals surface area contributed by atoms with Gasteiger partial charge in [0.25, 0.3) is 5.56 Å². The molecule has 1 heterocycles. The summed E-state index contributed by atoms with van der Waals surface area (Å²) in [4.78, 5) is 52.4. The maximum Gasteiger partial charge on any atom is 0.335 e. The van der Waals surface area contributed by atoms with E-state index in [1.807, 2.05) is 0 Å². The van der Waals surface area contributed by atoms with Crippen LogP contribution in [0.1, 0.15) is 38.3 Å². The number of aryl methyl sites for hydroxylation is 1. The number of anilines is 1. The van der Waals surface area contributed by atoms with Crippen molar-refractivity contribution in [2.24, 2.45) is 0 Å². The second-order valence-electron chi connectivity index (χ2n) is 6.55. The summed E-state index contributed by atoms with van der Waals surface area (Å²) < 4.78 is 4.62. The number of rotatable bonds is 12. The number of carbonyl (C=O) groups excluding carboxylic acids is 3. The second kappa shape index (κ2) is 13.3. The quantitative estimate of drug-likeness (QED) is 0.184. The molecule has 0 spiro atoms. The lowest BCUT2D eigenvalue weighted by atomic mass is 10.1. The molecule has 0 bridgehead atoms. The molecule has 30 heavy (non-hydrogen) atoms. The normalized spacial score (nSPS) is 12.5. The Labute approximate surface area is 173 Å². The lowest BCUT2D eigenvalue weighted by Crippen LogP contribution is -2.33. The summed E-state index contributed by atoms with van der Waals surface area (Å²) in [5.74, 6) is -1.20. The number of esters is 1. The number of aromatic amines is 1. The van der Waals surface area contributed by atoms with E-state index in [-0.39, 0.29) is 25.4 Å². The zero-order valence-electron chi connectivity index (χ0n) is 17.1. The topological polar surface area (TPSA) is 183 Å². The maximum absolute atomic E-state index is 11.7. The molecular formula is C18H29N5O7. The smallest absolute Gasteiger partial charge is 0.335 e. The number of amides is 3. The molecule has 168 valence electrons. The molecule has 0 fully saturated rings. The number of hydrogen-bond acceptors (Lipinski definition) is 8. The summed E-state index contributed by atoms with van der Waals surface area (Å²) >= 11 is 0. The molecule has 1 aromatic heterocycles. The van der Waals surface area contributed by atoms with Crippen molar-refractivity contribution in [2.45, 2.75) is 51.7 Å². The second-order valence-corrected chi connectivity index (χ2v) is 6.55. The number of carbonyl (C=O) groups is 3. The van der Waals surface area contributed by atoms with Crippen LogP contribution in [0.2, 0.25) is 0 Å². The summed E-state index contributed by atoms with van der Waals surface area (Å²) in [7, 11) is 0. The van der Waals surface area contributed by atoms with Crippen molar-refractivity contribution in [3.8, 4) is 0 Å². The molecule has 12 heteroatoms. The number of nitrogens with one attached hydrogen (secondary N) is 4. The fourth-order valence-electron chi connectivity index (χ4n) is 2.43. The van der Waals surface area contributed by atoms with Gasteiger partial charge in [0.1, 0.15) is 0 Å². The number of unbranched alkanes of at least 4 members (excludes halogenated alkanes) is 1. The van der Waals surface area contributed by atoms with Gasteiger partial charge in [-0.3, -0.25) is 14.9 Å². The first-order valence-electron chi connectivity index (χ1n) is 9.63. The van der Waals surface area contributed by atoms with Crippen LogP contribution >= 0.6 is 0 Å². The highest BCUT2D eigenvalue weighted by molar-refractivity contribution is 5.87. The van der Waals surface area contributed by atoms with Crippen LogP contribution in [-0.2, 0) is 14.3 Å². The summed E-state index contributed by atoms with van der Waals surface area (Å²) in [6.07, 6.45) is -2.03. The van der Waals surface area contributed by atoms with Crippen molar-refractivity contribution in [3.63, 3.8) is 0 Å². The summed E-state index contributed by atoms with van der Waals surface area (Å²) in [5.41, 5.74) is 0.111. The Balaban J connectivity index is 2.14. The third kappa shape index (κ3) is 10.5. The van der Waals surface area contributed by atoms with Crippen LogP contribution in [0.4, 0.5) is 10.7 Å². The molecule has 3 amide bonds. The number of H-pyrrole nitrogens is 1. The number of aliphatic hydroxyl groups is 2. The third-order valence-corrected chi connectivity index (χ3v) is 3.80. The first-order valence-corrected chi connectivity index (χ1v) is 9.63. The fraction of sp³-hybridized carbons (Fsp3) is 0.611. The molecule has 0 radical (unpaired) electrons. The van der Waals surface area contributed by atoms with E-state index >= 15 is 0 Å². The Bertz CT molecular complexity index is 768. The molecule has 0 aliphatic rings. The van der Waals surface area contributed by atoms with Gasteiger partial charge in [-0.25, -0.2) is 9.59 Å². The van der Waals surface area contributed by atoms with E-state index in [0.717, 1.165) is 0 Å². The standard InChI is InChI=1S/C18H29N5O7/c1-3-30-16(28)13(25)9-12(24)10-14(26)19-6-4-5-7-20-18(29)23-17-21-11(2)8-15(27)22-17/h8,12-13,24-25H,3-7,9-10H2,1-2H3,(H,19,26)(H3,20,21,22,23,27,29)/t12-,13-/m0/s1. The number of nitrogens with zero attached hydrogens (tertiary/aromatic N) is 1. The monoisotopic (exact) mass is 427 g/mol. The van der Waals surface area contributed by atoms with Crippen LogP contribution in [0, 0.1) is 6.92 Å². The SMILES string of the molecule is CCOC(=O)[C@@H](O)C[C@H](O)CC(=O)NCCCCNC(=O)Nc1nc(=O)cc(C)[nH]1. The highest BCUT2D eigenvalue weighted by Crippen LogP contribution is 2.04. The van der Waals surface area contributed by atoms with Gasteiger partial charge in [-0.1, -0.05) is 0 Å². The van der Waals surface area contributed by atoms with Gasteiger partial charge < -0.3 is 30.6 Å². The molecule has 0 aliphatic heterocycles. The lowest BCUT2D eigenvalue weighted by Gasteiger charge is -2.14. The van der Waals surface area contributed by atoms with Crippen LogP contribution in [0.25, 0.3) is 0 Å². The maximum atomic E-state index is 11.7. The van der Waals surface area contributed by atoms with Crippen molar-refractivity contribution in [2.75, 3.05) is 25.0 Å². The molecule has 6 N–H and O–H groups in total. The number of ether oxygens (including phenoxy) is 1. The van der Waals surface area contributed by atoms with Gasteiger partial charge in [0.2, 0.25) is 11.9 Å². The van der Waals surface area contributed by atoms with Gasteiger partial charge in [-0.2, -0.15) is 4.98 Å². The Hall–Kier alpha value is -2.99. The van der Waals surface area contributed by atoms with Crippen LogP contribution in [0.5, 0.6) is 0 Å². The molecular weight excluding hydrogens is 398 g/mol. The molecule has 0 saturated heterocycles. The highest BCUT2D eigenvalue weighted by atomic mass is 16.5. The van der Waals surface area contributed by atoms with Crippen molar-refractivity contribution in [1.82, 2.24) is 20.6 Å². The van der Waals surface area contributed by atoms with E-state index in [4.69, 9.17) is 0 Å². The van der Waals surface area contributed by atoms with Crippen molar-refractivity contribution < 1.29 is 29.3 Å². The van der Waals surface area contributed by atoms with Gasteiger partial charge in [-0.05, 0) is 26.7 Å². The molecule has 0 unspecified atom stereocenters. The number of aromatic nitrogens is 2. The van der Waals surface area contributed by atoms with Gasteiger partial charge in [-0.15, -0.1) is 0 Å². The van der Waals surface area contributed by atoms with Crippen LogP contribution in [0.3, 0.4) is 0 Å². The van der Waals surface area contributed by atoms with Crippen molar-refractivity contribution in [3.05, 3.63) is 22.1 Å². The molecule has 1 aromatic rings. The zero-order valence-corrected chi connectivity index (χ0v) is 17.1. The minimum absolute atomic E-state index is 0.0522. The van der Waals surface area contributed by atoms with E-state index in [2.05, 4.69) is 30.7 Å². The van der Waals surface area contributed by atoms with E-state index in [1.165, 1.54) is 6.07 Å². The predicted molar refractivity (Wildman–Crippen MR) is 107 cm³/mol. The summed E-state index contributed by atoms with van der Waals surface area (Å²) in [5, 5.41) is 26.9. The number of urea groups is 1. The number of hydrogen-bond donors (Lipinski definition) is 6. The fourth-order valence-corrected chi connectivity index (χ4v) is 2.43. The molecule has 0 aliphatic carbocycles. The summed E-state index contributed by atoms with van der Waals surface area (Å²) in [6.45, 7) is 4.06.